The molecule has 10 heavy (non-hydrogen) atoms. The van der Waals surface area contributed by atoms with Crippen LogP contribution in [0.4, 0.5) is 0 Å². The van der Waals surface area contributed by atoms with Gasteiger partial charge >= 0.3 is 0 Å². The van der Waals surface area contributed by atoms with Crippen molar-refractivity contribution in [3.05, 3.63) is 29.0 Å². The van der Waals surface area contributed by atoms with Crippen molar-refractivity contribution in [2.45, 2.75) is 6.61 Å². The van der Waals surface area contributed by atoms with Crippen LogP contribution in [-0.2, 0) is 11.4 Å². The Hall–Kier alpha value is -0.640. The van der Waals surface area contributed by atoms with E-state index in [9.17, 15) is 0 Å². The molecule has 0 aliphatic rings. The first-order valence-electron chi connectivity index (χ1n) is 2.76. The highest BCUT2D eigenvalue weighted by molar-refractivity contribution is 6.29. The minimum atomic E-state index is 0.292. The highest BCUT2D eigenvalue weighted by Crippen LogP contribution is 2.04. The summed E-state index contributed by atoms with van der Waals surface area (Å²) in [5.41, 5.74) is 0.731. The maximum atomic E-state index is 5.57. The number of halogens is 1. The first kappa shape index (κ1) is 7.47. The Morgan fingerprint density at radius 1 is 1.60 bits per heavy atom. The van der Waals surface area contributed by atoms with Gasteiger partial charge in [-0.15, -0.1) is 0 Å². The van der Waals surface area contributed by atoms with E-state index in [0.717, 1.165) is 5.69 Å². The van der Waals surface area contributed by atoms with Crippen LogP contribution in [0.3, 0.4) is 0 Å². The van der Waals surface area contributed by atoms with Crippen LogP contribution in [0.25, 0.3) is 0 Å². The maximum absolute atomic E-state index is 5.57. The fourth-order valence-electron chi connectivity index (χ4n) is 0.616. The van der Waals surface area contributed by atoms with Crippen LogP contribution < -0.4 is 5.90 Å². The Morgan fingerprint density at radius 2 is 2.40 bits per heavy atom. The monoisotopic (exact) mass is 158 g/mol. The number of rotatable bonds is 2. The highest BCUT2D eigenvalue weighted by atomic mass is 35.5. The minimum Gasteiger partial charge on any atom is -0.298 e. The van der Waals surface area contributed by atoms with Crippen molar-refractivity contribution in [1.82, 2.24) is 4.98 Å². The third-order valence-electron chi connectivity index (χ3n) is 1.00. The van der Waals surface area contributed by atoms with Crippen molar-refractivity contribution in [2.75, 3.05) is 0 Å². The lowest BCUT2D eigenvalue weighted by molar-refractivity contribution is 0.121. The molecule has 3 nitrogen and oxygen atoms in total. The van der Waals surface area contributed by atoms with Gasteiger partial charge in [0.05, 0.1) is 5.69 Å². The van der Waals surface area contributed by atoms with Crippen molar-refractivity contribution >= 4 is 11.6 Å². The second-order valence-corrected chi connectivity index (χ2v) is 2.15. The molecule has 0 aromatic carbocycles. The highest BCUT2D eigenvalue weighted by Gasteiger charge is 1.92. The van der Waals surface area contributed by atoms with E-state index in [1.807, 2.05) is 0 Å². The van der Waals surface area contributed by atoms with Gasteiger partial charge in [-0.1, -0.05) is 17.7 Å². The summed E-state index contributed by atoms with van der Waals surface area (Å²) in [7, 11) is 0. The molecule has 0 aliphatic carbocycles. The molecule has 0 bridgehead atoms. The van der Waals surface area contributed by atoms with Crippen molar-refractivity contribution in [2.24, 2.45) is 5.90 Å². The molecule has 0 atom stereocenters. The Bertz CT molecular complexity index is 217. The van der Waals surface area contributed by atoms with Crippen LogP contribution in [0, 0.1) is 0 Å². The zero-order chi connectivity index (χ0) is 7.40. The second-order valence-electron chi connectivity index (χ2n) is 1.76. The number of nitrogens with zero attached hydrogens (tertiary/aromatic N) is 1. The maximum Gasteiger partial charge on any atom is 0.129 e. The van der Waals surface area contributed by atoms with E-state index in [0.29, 0.717) is 11.8 Å². The van der Waals surface area contributed by atoms with Crippen LogP contribution >= 0.6 is 11.6 Å². The average molecular weight is 159 g/mol. The van der Waals surface area contributed by atoms with Gasteiger partial charge in [0.15, 0.2) is 0 Å². The molecule has 0 fully saturated rings. The zero-order valence-corrected chi connectivity index (χ0v) is 6.01. The normalized spacial score (nSPS) is 9.80. The van der Waals surface area contributed by atoms with Crippen molar-refractivity contribution in [1.29, 1.82) is 0 Å². The molecule has 1 heterocycles. The van der Waals surface area contributed by atoms with Gasteiger partial charge in [-0.05, 0) is 12.1 Å². The molecule has 0 spiro atoms. The number of pyridine rings is 1. The van der Waals surface area contributed by atoms with Crippen molar-refractivity contribution in [3.63, 3.8) is 0 Å². The number of nitrogens with two attached hydrogens (primary N) is 1. The second kappa shape index (κ2) is 3.51. The first-order chi connectivity index (χ1) is 4.83. The Labute approximate surface area is 63.7 Å². The Balaban J connectivity index is 2.75. The summed E-state index contributed by atoms with van der Waals surface area (Å²) in [5.74, 6) is 4.83. The van der Waals surface area contributed by atoms with E-state index in [-0.39, 0.29) is 0 Å². The molecule has 4 heteroatoms. The topological polar surface area (TPSA) is 48.1 Å². The summed E-state index contributed by atoms with van der Waals surface area (Å²) in [5, 5.41) is 0.453. The van der Waals surface area contributed by atoms with Gasteiger partial charge in [-0.2, -0.15) is 0 Å². The van der Waals surface area contributed by atoms with Crippen LogP contribution in [-0.4, -0.2) is 4.98 Å². The summed E-state index contributed by atoms with van der Waals surface area (Å²) >= 11 is 5.57. The number of aromatic nitrogens is 1. The third kappa shape index (κ3) is 1.95. The Kier molecular flexibility index (Phi) is 2.62. The van der Waals surface area contributed by atoms with Crippen LogP contribution in [0.1, 0.15) is 5.69 Å². The number of hydrogen-bond acceptors (Lipinski definition) is 3. The smallest absolute Gasteiger partial charge is 0.129 e. The standard InChI is InChI=1S/C6H7ClN2O/c7-6-3-1-2-5(9-6)4-10-8/h1-3H,4,8H2. The van der Waals surface area contributed by atoms with Gasteiger partial charge in [0.25, 0.3) is 0 Å². The van der Waals surface area contributed by atoms with E-state index in [4.69, 9.17) is 17.5 Å². The molecule has 1 aromatic heterocycles. The molecular formula is C6H7ClN2O. The van der Waals surface area contributed by atoms with E-state index in [1.54, 1.807) is 18.2 Å². The van der Waals surface area contributed by atoms with Crippen LogP contribution in [0.5, 0.6) is 0 Å². The fourth-order valence-corrected chi connectivity index (χ4v) is 0.797. The van der Waals surface area contributed by atoms with E-state index in [1.165, 1.54) is 0 Å². The third-order valence-corrected chi connectivity index (χ3v) is 1.21. The molecule has 54 valence electrons. The van der Waals surface area contributed by atoms with E-state index < -0.39 is 0 Å². The average Bonchev–Trinajstić information content (AvgIpc) is 1.88. The summed E-state index contributed by atoms with van der Waals surface area (Å²) in [6, 6.07) is 5.28. The van der Waals surface area contributed by atoms with Crippen molar-refractivity contribution in [3.8, 4) is 0 Å². The Morgan fingerprint density at radius 3 is 3.00 bits per heavy atom. The van der Waals surface area contributed by atoms with Gasteiger partial charge in [-0.3, -0.25) is 4.84 Å². The quantitative estimate of drug-likeness (QED) is 0.519. The summed E-state index contributed by atoms with van der Waals surface area (Å²) in [6.45, 7) is 0.292. The SMILES string of the molecule is NOCc1cccc(Cl)n1. The van der Waals surface area contributed by atoms with Gasteiger partial charge < -0.3 is 0 Å². The lowest BCUT2D eigenvalue weighted by Crippen LogP contribution is -2.00. The van der Waals surface area contributed by atoms with Gasteiger partial charge in [-0.25, -0.2) is 10.9 Å². The van der Waals surface area contributed by atoms with Crippen LogP contribution in [0.15, 0.2) is 18.2 Å². The molecule has 2 N–H and O–H groups in total. The summed E-state index contributed by atoms with van der Waals surface area (Å²) in [6.07, 6.45) is 0. The molecule has 0 unspecified atom stereocenters. The molecule has 1 rings (SSSR count). The van der Waals surface area contributed by atoms with E-state index >= 15 is 0 Å². The zero-order valence-electron chi connectivity index (χ0n) is 5.25. The van der Waals surface area contributed by atoms with E-state index in [2.05, 4.69) is 9.82 Å². The summed E-state index contributed by atoms with van der Waals surface area (Å²) < 4.78 is 0. The lowest BCUT2D eigenvalue weighted by atomic mass is 10.4. The van der Waals surface area contributed by atoms with Gasteiger partial charge in [0.2, 0.25) is 0 Å². The molecule has 1 aromatic rings. The lowest BCUT2D eigenvalue weighted by Gasteiger charge is -1.96. The van der Waals surface area contributed by atoms with Gasteiger partial charge in [0.1, 0.15) is 11.8 Å². The summed E-state index contributed by atoms with van der Waals surface area (Å²) in [4.78, 5) is 8.29. The predicted molar refractivity (Wildman–Crippen MR) is 38.2 cm³/mol. The number of hydrogen-bond donors (Lipinski definition) is 1. The molecule has 0 amide bonds. The molecular weight excluding hydrogens is 152 g/mol. The van der Waals surface area contributed by atoms with Crippen molar-refractivity contribution < 1.29 is 4.84 Å². The minimum absolute atomic E-state index is 0.292. The largest absolute Gasteiger partial charge is 0.298 e. The molecule has 0 saturated heterocycles. The van der Waals surface area contributed by atoms with Crippen LogP contribution in [0.2, 0.25) is 5.15 Å². The predicted octanol–water partition coefficient (Wildman–Crippen LogP) is 1.13. The molecule has 0 aliphatic heterocycles. The first-order valence-corrected chi connectivity index (χ1v) is 3.14. The molecule has 0 saturated carbocycles. The molecule has 0 radical (unpaired) electrons. The van der Waals surface area contributed by atoms with Gasteiger partial charge in [0, 0.05) is 0 Å². The fraction of sp³-hybridized carbons (Fsp3) is 0.167.